The lowest BCUT2D eigenvalue weighted by Crippen LogP contribution is -2.19. The number of ether oxygens (including phenoxy) is 1. The molecule has 0 aliphatic heterocycles. The summed E-state index contributed by atoms with van der Waals surface area (Å²) in [5.41, 5.74) is 0.669. The Morgan fingerprint density at radius 2 is 1.95 bits per heavy atom. The van der Waals surface area contributed by atoms with Gasteiger partial charge in [0, 0.05) is 6.04 Å². The summed E-state index contributed by atoms with van der Waals surface area (Å²) in [6.07, 6.45) is 5.82. The van der Waals surface area contributed by atoms with Crippen LogP contribution in [0, 0.1) is 5.92 Å². The van der Waals surface area contributed by atoms with Crippen LogP contribution in [-0.4, -0.2) is 12.7 Å². The predicted octanol–water partition coefficient (Wildman–Crippen LogP) is 4.67. The van der Waals surface area contributed by atoms with Crippen LogP contribution in [0.4, 0.5) is 14.5 Å². The summed E-state index contributed by atoms with van der Waals surface area (Å²) in [5.74, 6) is 0.995. The first kappa shape index (κ1) is 14.1. The van der Waals surface area contributed by atoms with Gasteiger partial charge >= 0.3 is 6.61 Å². The van der Waals surface area contributed by atoms with Crippen molar-refractivity contribution in [2.45, 2.75) is 51.7 Å². The summed E-state index contributed by atoms with van der Waals surface area (Å²) in [4.78, 5) is 0. The van der Waals surface area contributed by atoms with Crippen molar-refractivity contribution in [3.05, 3.63) is 24.3 Å². The highest BCUT2D eigenvalue weighted by molar-refractivity contribution is 5.56. The Morgan fingerprint density at radius 3 is 2.74 bits per heavy atom. The molecule has 1 aromatic rings. The van der Waals surface area contributed by atoms with Crippen LogP contribution in [0.15, 0.2) is 24.3 Å². The Morgan fingerprint density at radius 1 is 1.16 bits per heavy atom. The van der Waals surface area contributed by atoms with Crippen LogP contribution < -0.4 is 10.1 Å². The summed E-state index contributed by atoms with van der Waals surface area (Å²) in [7, 11) is 0. The molecule has 2 nitrogen and oxygen atoms in total. The number of para-hydroxylation sites is 2. The number of alkyl halides is 2. The molecule has 0 spiro atoms. The second-order valence-electron chi connectivity index (χ2n) is 5.33. The number of benzene rings is 1. The third-order valence-electron chi connectivity index (χ3n) is 3.72. The van der Waals surface area contributed by atoms with E-state index < -0.39 is 6.61 Å². The van der Waals surface area contributed by atoms with Crippen LogP contribution in [0.5, 0.6) is 5.75 Å². The van der Waals surface area contributed by atoms with E-state index in [1.807, 2.05) is 6.07 Å². The van der Waals surface area contributed by atoms with Gasteiger partial charge in [0.15, 0.2) is 0 Å². The fourth-order valence-corrected chi connectivity index (χ4v) is 2.64. The van der Waals surface area contributed by atoms with E-state index in [-0.39, 0.29) is 5.75 Å². The third kappa shape index (κ3) is 4.37. The van der Waals surface area contributed by atoms with E-state index in [4.69, 9.17) is 0 Å². The molecular weight excluding hydrogens is 248 g/mol. The number of hydrogen-bond donors (Lipinski definition) is 1. The van der Waals surface area contributed by atoms with Crippen molar-refractivity contribution in [2.24, 2.45) is 5.92 Å². The first-order valence-electron chi connectivity index (χ1n) is 6.95. The SMILES string of the molecule is CC1CCCC(Nc2ccccc2OC(F)F)CC1. The van der Waals surface area contributed by atoms with Crippen molar-refractivity contribution in [3.8, 4) is 5.75 Å². The first-order chi connectivity index (χ1) is 9.15. The second-order valence-corrected chi connectivity index (χ2v) is 5.33. The van der Waals surface area contributed by atoms with Crippen molar-refractivity contribution in [1.82, 2.24) is 0 Å². The van der Waals surface area contributed by atoms with Gasteiger partial charge in [0.1, 0.15) is 5.75 Å². The molecular formula is C15H21F2NO. The minimum absolute atomic E-state index is 0.231. The Kier molecular flexibility index (Phi) is 5.00. The molecule has 4 heteroatoms. The molecule has 1 saturated carbocycles. The molecule has 2 rings (SSSR count). The molecule has 1 fully saturated rings. The lowest BCUT2D eigenvalue weighted by molar-refractivity contribution is -0.0493. The normalized spacial score (nSPS) is 24.0. The molecule has 1 N–H and O–H groups in total. The standard InChI is InChI=1S/C15H21F2NO/c1-11-5-4-6-12(10-9-11)18-13-7-2-3-8-14(13)19-15(16)17/h2-3,7-8,11-12,15,18H,4-6,9-10H2,1H3. The fraction of sp³-hybridized carbons (Fsp3) is 0.600. The van der Waals surface area contributed by atoms with Gasteiger partial charge in [0.05, 0.1) is 5.69 Å². The summed E-state index contributed by atoms with van der Waals surface area (Å²) in [5, 5.41) is 3.36. The average Bonchev–Trinajstić information content (AvgIpc) is 2.56. The monoisotopic (exact) mass is 269 g/mol. The number of anilines is 1. The zero-order valence-electron chi connectivity index (χ0n) is 11.2. The molecule has 1 aliphatic carbocycles. The molecule has 0 radical (unpaired) electrons. The summed E-state index contributed by atoms with van der Waals surface area (Å²) in [6, 6.07) is 7.27. The van der Waals surface area contributed by atoms with Gasteiger partial charge in [0.2, 0.25) is 0 Å². The highest BCUT2D eigenvalue weighted by Gasteiger charge is 2.17. The van der Waals surface area contributed by atoms with E-state index in [0.717, 1.165) is 18.8 Å². The molecule has 0 amide bonds. The van der Waals surface area contributed by atoms with E-state index in [1.165, 1.54) is 19.3 Å². The molecule has 1 aliphatic rings. The van der Waals surface area contributed by atoms with Gasteiger partial charge in [-0.05, 0) is 37.3 Å². The molecule has 0 saturated heterocycles. The lowest BCUT2D eigenvalue weighted by atomic mass is 10.0. The van der Waals surface area contributed by atoms with Crippen LogP contribution in [0.2, 0.25) is 0 Å². The van der Waals surface area contributed by atoms with Gasteiger partial charge in [-0.1, -0.05) is 31.9 Å². The van der Waals surface area contributed by atoms with Gasteiger partial charge in [-0.15, -0.1) is 0 Å². The van der Waals surface area contributed by atoms with Crippen molar-refractivity contribution in [1.29, 1.82) is 0 Å². The van der Waals surface area contributed by atoms with E-state index in [2.05, 4.69) is 17.0 Å². The molecule has 2 atom stereocenters. The van der Waals surface area contributed by atoms with E-state index in [0.29, 0.717) is 11.7 Å². The number of rotatable bonds is 4. The summed E-state index contributed by atoms with van der Waals surface area (Å²) < 4.78 is 29.2. The minimum Gasteiger partial charge on any atom is -0.433 e. The average molecular weight is 269 g/mol. The van der Waals surface area contributed by atoms with Crippen LogP contribution in [0.3, 0.4) is 0 Å². The molecule has 1 aromatic carbocycles. The quantitative estimate of drug-likeness (QED) is 0.802. The van der Waals surface area contributed by atoms with Crippen molar-refractivity contribution >= 4 is 5.69 Å². The summed E-state index contributed by atoms with van der Waals surface area (Å²) >= 11 is 0. The third-order valence-corrected chi connectivity index (χ3v) is 3.72. The highest BCUT2D eigenvalue weighted by Crippen LogP contribution is 2.30. The van der Waals surface area contributed by atoms with Crippen LogP contribution in [0.25, 0.3) is 0 Å². The Balaban J connectivity index is 2.01. The first-order valence-corrected chi connectivity index (χ1v) is 6.95. The number of hydrogen-bond acceptors (Lipinski definition) is 2. The maximum atomic E-state index is 12.3. The predicted molar refractivity (Wildman–Crippen MR) is 72.7 cm³/mol. The molecule has 2 unspecified atom stereocenters. The molecule has 0 heterocycles. The Labute approximate surface area is 113 Å². The smallest absolute Gasteiger partial charge is 0.387 e. The van der Waals surface area contributed by atoms with Crippen molar-refractivity contribution in [2.75, 3.05) is 5.32 Å². The van der Waals surface area contributed by atoms with Crippen molar-refractivity contribution < 1.29 is 13.5 Å². The zero-order chi connectivity index (χ0) is 13.7. The van der Waals surface area contributed by atoms with Gasteiger partial charge in [0.25, 0.3) is 0 Å². The van der Waals surface area contributed by atoms with Crippen molar-refractivity contribution in [3.63, 3.8) is 0 Å². The number of nitrogens with one attached hydrogen (secondary N) is 1. The largest absolute Gasteiger partial charge is 0.433 e. The fourth-order valence-electron chi connectivity index (χ4n) is 2.64. The van der Waals surface area contributed by atoms with Crippen LogP contribution in [-0.2, 0) is 0 Å². The summed E-state index contributed by atoms with van der Waals surface area (Å²) in [6.45, 7) is -0.506. The molecule has 19 heavy (non-hydrogen) atoms. The Hall–Kier alpha value is -1.32. The van der Waals surface area contributed by atoms with E-state index >= 15 is 0 Å². The lowest BCUT2D eigenvalue weighted by Gasteiger charge is -2.20. The second kappa shape index (κ2) is 6.73. The van der Waals surface area contributed by atoms with Crippen LogP contribution in [0.1, 0.15) is 39.0 Å². The topological polar surface area (TPSA) is 21.3 Å². The highest BCUT2D eigenvalue weighted by atomic mass is 19.3. The molecule has 0 bridgehead atoms. The minimum atomic E-state index is -2.78. The Bertz CT molecular complexity index is 397. The molecule has 0 aromatic heterocycles. The maximum absolute atomic E-state index is 12.3. The van der Waals surface area contributed by atoms with E-state index in [9.17, 15) is 8.78 Å². The van der Waals surface area contributed by atoms with Crippen LogP contribution >= 0.6 is 0 Å². The molecule has 106 valence electrons. The van der Waals surface area contributed by atoms with Gasteiger partial charge in [-0.3, -0.25) is 0 Å². The van der Waals surface area contributed by atoms with Gasteiger partial charge in [-0.25, -0.2) is 0 Å². The zero-order valence-corrected chi connectivity index (χ0v) is 11.2. The van der Waals surface area contributed by atoms with Gasteiger partial charge < -0.3 is 10.1 Å². The van der Waals surface area contributed by atoms with E-state index in [1.54, 1.807) is 18.2 Å². The maximum Gasteiger partial charge on any atom is 0.387 e. The van der Waals surface area contributed by atoms with Gasteiger partial charge in [-0.2, -0.15) is 8.78 Å². The number of halogens is 2.